The first-order chi connectivity index (χ1) is 11.2. The zero-order chi connectivity index (χ0) is 16.1. The van der Waals surface area contributed by atoms with Crippen molar-refractivity contribution in [3.05, 3.63) is 65.2 Å². The molecule has 1 fully saturated rings. The standard InChI is InChI=1S/C18H19FN4/c19-18-12-21-6-5-17(18)14-23-9-7-22(8-10-23)13-16-3-1-15(11-20)2-4-16/h1-6,12H,7-10,13-14H2. The third-order valence-corrected chi connectivity index (χ3v) is 4.20. The Morgan fingerprint density at radius 3 is 2.26 bits per heavy atom. The molecule has 23 heavy (non-hydrogen) atoms. The van der Waals surface area contributed by atoms with E-state index in [-0.39, 0.29) is 5.82 Å². The Balaban J connectivity index is 1.50. The highest BCUT2D eigenvalue weighted by atomic mass is 19.1. The minimum Gasteiger partial charge on any atom is -0.297 e. The Kier molecular flexibility index (Phi) is 4.96. The van der Waals surface area contributed by atoms with Crippen molar-refractivity contribution in [1.29, 1.82) is 5.26 Å². The van der Waals surface area contributed by atoms with Crippen molar-refractivity contribution in [3.8, 4) is 6.07 Å². The van der Waals surface area contributed by atoms with Crippen LogP contribution < -0.4 is 0 Å². The molecule has 118 valence electrons. The molecule has 2 aromatic rings. The first-order valence-corrected chi connectivity index (χ1v) is 7.77. The van der Waals surface area contributed by atoms with E-state index in [9.17, 15) is 4.39 Å². The molecule has 0 bridgehead atoms. The fourth-order valence-corrected chi connectivity index (χ4v) is 2.82. The maximum atomic E-state index is 13.6. The second kappa shape index (κ2) is 7.32. The van der Waals surface area contributed by atoms with Crippen LogP contribution in [-0.2, 0) is 13.1 Å². The fourth-order valence-electron chi connectivity index (χ4n) is 2.82. The SMILES string of the molecule is N#Cc1ccc(CN2CCN(Cc3ccncc3F)CC2)cc1. The molecule has 2 heterocycles. The van der Waals surface area contributed by atoms with Gasteiger partial charge in [-0.15, -0.1) is 0 Å². The lowest BCUT2D eigenvalue weighted by Crippen LogP contribution is -2.45. The fraction of sp³-hybridized carbons (Fsp3) is 0.333. The number of pyridine rings is 1. The third kappa shape index (κ3) is 4.13. The Morgan fingerprint density at radius 1 is 1.00 bits per heavy atom. The third-order valence-electron chi connectivity index (χ3n) is 4.20. The maximum Gasteiger partial charge on any atom is 0.145 e. The average Bonchev–Trinajstić information content (AvgIpc) is 2.59. The summed E-state index contributed by atoms with van der Waals surface area (Å²) in [6.45, 7) is 5.32. The van der Waals surface area contributed by atoms with Crippen LogP contribution in [0.3, 0.4) is 0 Å². The van der Waals surface area contributed by atoms with Gasteiger partial charge in [0.2, 0.25) is 0 Å². The zero-order valence-corrected chi connectivity index (χ0v) is 13.0. The van der Waals surface area contributed by atoms with Crippen LogP contribution in [0, 0.1) is 17.1 Å². The molecular formula is C18H19FN4. The largest absolute Gasteiger partial charge is 0.297 e. The average molecular weight is 310 g/mol. The molecule has 0 spiro atoms. The predicted molar refractivity (Wildman–Crippen MR) is 85.9 cm³/mol. The smallest absolute Gasteiger partial charge is 0.145 e. The van der Waals surface area contributed by atoms with Crippen LogP contribution >= 0.6 is 0 Å². The lowest BCUT2D eigenvalue weighted by molar-refractivity contribution is 0.121. The number of piperazine rings is 1. The minimum absolute atomic E-state index is 0.229. The van der Waals surface area contributed by atoms with E-state index in [1.807, 2.05) is 24.3 Å². The Bertz CT molecular complexity index is 685. The first-order valence-electron chi connectivity index (χ1n) is 7.77. The monoisotopic (exact) mass is 310 g/mol. The van der Waals surface area contributed by atoms with E-state index in [2.05, 4.69) is 20.9 Å². The summed E-state index contributed by atoms with van der Waals surface area (Å²) in [5.74, 6) is -0.229. The van der Waals surface area contributed by atoms with Crippen LogP contribution in [0.1, 0.15) is 16.7 Å². The molecule has 5 heteroatoms. The molecule has 1 aliphatic rings. The molecule has 4 nitrogen and oxygen atoms in total. The zero-order valence-electron chi connectivity index (χ0n) is 13.0. The molecular weight excluding hydrogens is 291 g/mol. The number of halogens is 1. The summed E-state index contributed by atoms with van der Waals surface area (Å²) in [5, 5.41) is 8.82. The van der Waals surface area contributed by atoms with Gasteiger partial charge < -0.3 is 0 Å². The van der Waals surface area contributed by atoms with Gasteiger partial charge in [0.15, 0.2) is 0 Å². The maximum absolute atomic E-state index is 13.6. The summed E-state index contributed by atoms with van der Waals surface area (Å²) in [6, 6.07) is 11.6. The van der Waals surface area contributed by atoms with Gasteiger partial charge in [0.05, 0.1) is 17.8 Å². The summed E-state index contributed by atoms with van der Waals surface area (Å²) in [5.41, 5.74) is 2.62. The van der Waals surface area contributed by atoms with Crippen molar-refractivity contribution >= 4 is 0 Å². The molecule has 0 unspecified atom stereocenters. The summed E-state index contributed by atoms with van der Waals surface area (Å²) in [7, 11) is 0. The lowest BCUT2D eigenvalue weighted by Gasteiger charge is -2.34. The van der Waals surface area contributed by atoms with E-state index in [4.69, 9.17) is 5.26 Å². The molecule has 0 aliphatic carbocycles. The van der Waals surface area contributed by atoms with E-state index < -0.39 is 0 Å². The van der Waals surface area contributed by atoms with Gasteiger partial charge >= 0.3 is 0 Å². The van der Waals surface area contributed by atoms with E-state index >= 15 is 0 Å². The van der Waals surface area contributed by atoms with E-state index in [0.717, 1.165) is 32.7 Å². The van der Waals surface area contributed by atoms with Crippen LogP contribution in [0.2, 0.25) is 0 Å². The second-order valence-corrected chi connectivity index (χ2v) is 5.83. The lowest BCUT2D eigenvalue weighted by atomic mass is 10.1. The highest BCUT2D eigenvalue weighted by Crippen LogP contribution is 2.13. The van der Waals surface area contributed by atoms with Crippen LogP contribution in [0.25, 0.3) is 0 Å². The van der Waals surface area contributed by atoms with Gasteiger partial charge in [-0.1, -0.05) is 12.1 Å². The van der Waals surface area contributed by atoms with Gasteiger partial charge in [-0.3, -0.25) is 14.8 Å². The normalized spacial score (nSPS) is 16.2. The number of hydrogen-bond acceptors (Lipinski definition) is 4. The number of rotatable bonds is 4. The number of hydrogen-bond donors (Lipinski definition) is 0. The Morgan fingerprint density at radius 2 is 1.65 bits per heavy atom. The number of aromatic nitrogens is 1. The summed E-state index contributed by atoms with van der Waals surface area (Å²) in [6.07, 6.45) is 2.91. The van der Waals surface area contributed by atoms with Gasteiger partial charge in [0.25, 0.3) is 0 Å². The Labute approximate surface area is 135 Å². The second-order valence-electron chi connectivity index (χ2n) is 5.83. The molecule has 1 aromatic carbocycles. The van der Waals surface area contributed by atoms with Crippen LogP contribution in [-0.4, -0.2) is 41.0 Å². The van der Waals surface area contributed by atoms with Crippen molar-refractivity contribution in [2.75, 3.05) is 26.2 Å². The van der Waals surface area contributed by atoms with Crippen molar-refractivity contribution in [3.63, 3.8) is 0 Å². The molecule has 1 aliphatic heterocycles. The van der Waals surface area contributed by atoms with Gasteiger partial charge in [-0.25, -0.2) is 4.39 Å². The van der Waals surface area contributed by atoms with Crippen LogP contribution in [0.4, 0.5) is 4.39 Å². The van der Waals surface area contributed by atoms with Crippen molar-refractivity contribution in [2.45, 2.75) is 13.1 Å². The number of nitriles is 1. The molecule has 1 aromatic heterocycles. The number of benzene rings is 1. The van der Waals surface area contributed by atoms with Crippen molar-refractivity contribution in [1.82, 2.24) is 14.8 Å². The molecule has 0 amide bonds. The van der Waals surface area contributed by atoms with Crippen LogP contribution in [0.5, 0.6) is 0 Å². The van der Waals surface area contributed by atoms with Gasteiger partial charge in [0, 0.05) is 51.0 Å². The van der Waals surface area contributed by atoms with E-state index in [1.165, 1.54) is 11.8 Å². The van der Waals surface area contributed by atoms with Crippen LogP contribution in [0.15, 0.2) is 42.7 Å². The summed E-state index contributed by atoms with van der Waals surface area (Å²) < 4.78 is 13.6. The minimum atomic E-state index is -0.229. The summed E-state index contributed by atoms with van der Waals surface area (Å²) in [4.78, 5) is 8.45. The molecule has 0 radical (unpaired) electrons. The predicted octanol–water partition coefficient (Wildman–Crippen LogP) is 2.41. The van der Waals surface area contributed by atoms with Gasteiger partial charge in [-0.05, 0) is 23.8 Å². The van der Waals surface area contributed by atoms with E-state index in [1.54, 1.807) is 12.3 Å². The molecule has 0 N–H and O–H groups in total. The van der Waals surface area contributed by atoms with Crippen molar-refractivity contribution < 1.29 is 4.39 Å². The number of nitrogens with zero attached hydrogens (tertiary/aromatic N) is 4. The molecule has 3 rings (SSSR count). The molecule has 0 atom stereocenters. The van der Waals surface area contributed by atoms with E-state index in [0.29, 0.717) is 17.7 Å². The quantitative estimate of drug-likeness (QED) is 0.870. The van der Waals surface area contributed by atoms with Gasteiger partial charge in [-0.2, -0.15) is 5.26 Å². The topological polar surface area (TPSA) is 43.2 Å². The Hall–Kier alpha value is -2.29. The molecule has 0 saturated carbocycles. The van der Waals surface area contributed by atoms with Gasteiger partial charge in [0.1, 0.15) is 5.82 Å². The summed E-state index contributed by atoms with van der Waals surface area (Å²) >= 11 is 0. The highest BCUT2D eigenvalue weighted by Gasteiger charge is 2.18. The first kappa shape index (κ1) is 15.6. The molecule has 1 saturated heterocycles. The highest BCUT2D eigenvalue weighted by molar-refractivity contribution is 5.31. The van der Waals surface area contributed by atoms with Crippen molar-refractivity contribution in [2.24, 2.45) is 0 Å².